The highest BCUT2D eigenvalue weighted by molar-refractivity contribution is 5.98. The van der Waals surface area contributed by atoms with Gasteiger partial charge in [-0.25, -0.2) is 0 Å². The quantitative estimate of drug-likeness (QED) is 0.383. The first-order chi connectivity index (χ1) is 19.4. The molecule has 1 amide bonds. The second-order valence-corrected chi connectivity index (χ2v) is 14.6. The van der Waals surface area contributed by atoms with Gasteiger partial charge in [0.05, 0.1) is 5.57 Å². The zero-order chi connectivity index (χ0) is 29.2. The van der Waals surface area contributed by atoms with Gasteiger partial charge in [0, 0.05) is 36.7 Å². The molecule has 1 aromatic carbocycles. The van der Waals surface area contributed by atoms with E-state index in [1.807, 2.05) is 24.3 Å². The number of allylic oxidation sites excluding steroid dienone is 5. The van der Waals surface area contributed by atoms with Crippen molar-refractivity contribution in [3.8, 4) is 5.75 Å². The van der Waals surface area contributed by atoms with Crippen molar-refractivity contribution in [1.29, 1.82) is 0 Å². The molecule has 6 heteroatoms. The minimum absolute atomic E-state index is 0.0345. The molecule has 4 aliphatic carbocycles. The maximum atomic E-state index is 13.7. The summed E-state index contributed by atoms with van der Waals surface area (Å²) in [6.45, 7) is 13.8. The summed E-state index contributed by atoms with van der Waals surface area (Å²) >= 11 is 0. The number of nitrogens with one attached hydrogen (secondary N) is 1. The summed E-state index contributed by atoms with van der Waals surface area (Å²) in [7, 11) is 1.51. The number of hydrogen-bond acceptors (Lipinski definition) is 5. The Balaban J connectivity index is 1.54. The molecule has 7 aliphatic rings. The third-order valence-corrected chi connectivity index (χ3v) is 12.2. The van der Waals surface area contributed by atoms with Gasteiger partial charge in [-0.3, -0.25) is 4.79 Å². The van der Waals surface area contributed by atoms with E-state index in [1.165, 1.54) is 30.2 Å². The van der Waals surface area contributed by atoms with Gasteiger partial charge in [-0.05, 0) is 74.0 Å². The number of aliphatic hydroxyl groups excluding tert-OH is 1. The van der Waals surface area contributed by atoms with Crippen LogP contribution in [0.1, 0.15) is 59.9 Å². The van der Waals surface area contributed by atoms with Crippen molar-refractivity contribution in [2.24, 2.45) is 52.8 Å². The Hall–Kier alpha value is -2.57. The number of carbonyl (C=O) groups excluding carboxylic acids is 1. The number of benzene rings is 1. The van der Waals surface area contributed by atoms with E-state index in [0.29, 0.717) is 23.7 Å². The summed E-state index contributed by atoms with van der Waals surface area (Å²) in [6, 6.07) is 7.93. The first-order valence-corrected chi connectivity index (χ1v) is 15.6. The van der Waals surface area contributed by atoms with Gasteiger partial charge in [0.1, 0.15) is 23.7 Å². The van der Waals surface area contributed by atoms with E-state index in [2.05, 4.69) is 52.9 Å². The highest BCUT2D eigenvalue weighted by Gasteiger charge is 2.66. The molecule has 8 rings (SSSR count). The lowest BCUT2D eigenvalue weighted by atomic mass is 9.55. The summed E-state index contributed by atoms with van der Waals surface area (Å²) in [5.74, 6) is 2.40. The molecular formula is C35H45NO5. The number of aliphatic hydroxyl groups is 2. The summed E-state index contributed by atoms with van der Waals surface area (Å²) < 4.78 is 12.9. The van der Waals surface area contributed by atoms with Crippen LogP contribution in [0.25, 0.3) is 0 Å². The lowest BCUT2D eigenvalue weighted by molar-refractivity contribution is -0.122. The fraction of sp³-hybridized carbons (Fsp3) is 0.629. The summed E-state index contributed by atoms with van der Waals surface area (Å²) in [5.41, 5.74) is 2.99. The normalized spacial score (nSPS) is 46.5. The molecule has 3 fully saturated rings. The molecule has 3 aliphatic heterocycles. The predicted molar refractivity (Wildman–Crippen MR) is 157 cm³/mol. The van der Waals surface area contributed by atoms with E-state index in [1.54, 1.807) is 0 Å². The van der Waals surface area contributed by atoms with Crippen LogP contribution in [0.4, 0.5) is 0 Å². The van der Waals surface area contributed by atoms with Gasteiger partial charge in [0.25, 0.3) is 5.91 Å². The molecule has 1 saturated heterocycles. The Bertz CT molecular complexity index is 1390. The number of ether oxygens (including phenoxy) is 2. The van der Waals surface area contributed by atoms with Crippen LogP contribution in [0.5, 0.6) is 5.75 Å². The molecule has 12 atom stereocenters. The van der Waals surface area contributed by atoms with Gasteiger partial charge in [-0.15, -0.1) is 0 Å². The fourth-order valence-corrected chi connectivity index (χ4v) is 10.9. The van der Waals surface area contributed by atoms with Crippen LogP contribution in [0.2, 0.25) is 0 Å². The number of amides is 1. The van der Waals surface area contributed by atoms with Crippen LogP contribution >= 0.6 is 0 Å². The van der Waals surface area contributed by atoms with Crippen LogP contribution in [0, 0.1) is 52.8 Å². The lowest BCUT2D eigenvalue weighted by Gasteiger charge is -2.49. The largest absolute Gasteiger partial charge is 0.511 e. The van der Waals surface area contributed by atoms with E-state index in [4.69, 9.17) is 9.47 Å². The zero-order valence-electron chi connectivity index (χ0n) is 25.4. The van der Waals surface area contributed by atoms with Crippen molar-refractivity contribution in [3.05, 3.63) is 64.0 Å². The smallest absolute Gasteiger partial charge is 0.255 e. The zero-order valence-corrected chi connectivity index (χ0v) is 25.4. The summed E-state index contributed by atoms with van der Waals surface area (Å²) in [4.78, 5) is 13.7. The fourth-order valence-electron chi connectivity index (χ4n) is 10.9. The number of fused-ring (bicyclic) bond motifs is 5. The molecule has 4 bridgehead atoms. The van der Waals surface area contributed by atoms with Gasteiger partial charge in [-0.2, -0.15) is 0 Å². The molecule has 2 saturated carbocycles. The molecule has 0 aromatic heterocycles. The first-order valence-electron chi connectivity index (χ1n) is 15.6. The molecule has 1 aromatic rings. The average molecular weight is 560 g/mol. The Morgan fingerprint density at radius 2 is 1.78 bits per heavy atom. The molecule has 0 radical (unpaired) electrons. The van der Waals surface area contributed by atoms with Gasteiger partial charge in [0.15, 0.2) is 5.72 Å². The highest BCUT2D eigenvalue weighted by atomic mass is 16.5. The van der Waals surface area contributed by atoms with Gasteiger partial charge in [-0.1, -0.05) is 62.6 Å². The van der Waals surface area contributed by atoms with Crippen molar-refractivity contribution >= 4 is 5.91 Å². The minimum atomic E-state index is -1.67. The molecular weight excluding hydrogens is 514 g/mol. The predicted octanol–water partition coefficient (Wildman–Crippen LogP) is 5.73. The highest BCUT2D eigenvalue weighted by Crippen LogP contribution is 2.68. The third kappa shape index (κ3) is 3.59. The van der Waals surface area contributed by atoms with E-state index >= 15 is 0 Å². The Morgan fingerprint density at radius 3 is 2.46 bits per heavy atom. The molecule has 220 valence electrons. The number of carbonyl (C=O) groups is 1. The second kappa shape index (κ2) is 8.97. The van der Waals surface area contributed by atoms with Crippen molar-refractivity contribution in [1.82, 2.24) is 5.32 Å². The molecule has 3 heterocycles. The van der Waals surface area contributed by atoms with E-state index in [9.17, 15) is 15.0 Å². The van der Waals surface area contributed by atoms with Crippen LogP contribution in [0.15, 0.2) is 58.4 Å². The van der Waals surface area contributed by atoms with E-state index in [-0.39, 0.29) is 47.5 Å². The van der Waals surface area contributed by atoms with Crippen molar-refractivity contribution in [2.75, 3.05) is 7.11 Å². The Labute approximate surface area is 243 Å². The molecule has 0 spiro atoms. The molecule has 0 unspecified atom stereocenters. The van der Waals surface area contributed by atoms with Gasteiger partial charge >= 0.3 is 0 Å². The van der Waals surface area contributed by atoms with Crippen molar-refractivity contribution < 1.29 is 24.5 Å². The number of methoxy groups -OCH3 is 1. The van der Waals surface area contributed by atoms with Crippen LogP contribution < -0.4 is 10.1 Å². The van der Waals surface area contributed by atoms with Gasteiger partial charge in [0.2, 0.25) is 0 Å². The summed E-state index contributed by atoms with van der Waals surface area (Å²) in [5, 5.41) is 27.2. The second-order valence-electron chi connectivity index (χ2n) is 14.6. The van der Waals surface area contributed by atoms with Crippen LogP contribution in [-0.4, -0.2) is 41.2 Å². The first kappa shape index (κ1) is 27.3. The average Bonchev–Trinajstić information content (AvgIpc) is 3.43. The number of rotatable bonds is 1. The van der Waals surface area contributed by atoms with Gasteiger partial charge < -0.3 is 25.0 Å². The molecule has 6 nitrogen and oxygen atoms in total. The van der Waals surface area contributed by atoms with Crippen molar-refractivity contribution in [3.63, 3.8) is 0 Å². The standard InChI is InChI=1S/C35H45NO5/c1-16-12-17(2)24-23(13-16)25-20(5)28-19(4)18(3)14-34(28,6)29-26(25)31(24)41-22-10-8-21(9-11-22)15-35(39)32(40-7)27(30(29)37)33(38)36-35/h8-11,14,16-17,19,23-26,29,31-32,37,39H,12-13,15H2,1-7H3,(H,36,38)/t16-,17+,19-,23-,24-,25-,26+,29-,31-,32-,34-,35-/m1/s1. The van der Waals surface area contributed by atoms with Crippen LogP contribution in [-0.2, 0) is 16.0 Å². The molecule has 41 heavy (non-hydrogen) atoms. The third-order valence-electron chi connectivity index (χ3n) is 12.2. The van der Waals surface area contributed by atoms with E-state index < -0.39 is 23.2 Å². The van der Waals surface area contributed by atoms with Crippen LogP contribution in [0.3, 0.4) is 0 Å². The monoisotopic (exact) mass is 559 g/mol. The summed E-state index contributed by atoms with van der Waals surface area (Å²) in [6.07, 6.45) is 3.69. The number of hydrogen-bond donors (Lipinski definition) is 3. The maximum Gasteiger partial charge on any atom is 0.255 e. The van der Waals surface area contributed by atoms with E-state index in [0.717, 1.165) is 17.7 Å². The molecule has 3 N–H and O–H groups in total. The minimum Gasteiger partial charge on any atom is -0.511 e. The topological polar surface area (TPSA) is 88.0 Å². The Kier molecular flexibility index (Phi) is 5.97. The maximum absolute atomic E-state index is 13.7. The lowest BCUT2D eigenvalue weighted by Crippen LogP contribution is -2.51. The SMILES string of the molecule is CO[C@@H]1C2=C(O)[C@H]3[C@H]4[C@H](Oc5ccc(cc5)C[C@]1(O)NC2=O)[C@H]1[C@@H](C[C@H](C)C[C@@H]1C)[C@H]4C(C)=C1[C@H](C)C(C)=C[C@]13C. The van der Waals surface area contributed by atoms with Crippen molar-refractivity contribution in [2.45, 2.75) is 78.7 Å². The Morgan fingerprint density at radius 1 is 1.07 bits per heavy atom.